The number of nitrogens with zero attached hydrogens (tertiary/aromatic N) is 1. The van der Waals surface area contributed by atoms with Crippen LogP contribution in [0, 0.1) is 41.1 Å². The summed E-state index contributed by atoms with van der Waals surface area (Å²) in [5.41, 5.74) is -1.47. The Kier molecular flexibility index (Phi) is 8.92. The predicted molar refractivity (Wildman–Crippen MR) is 145 cm³/mol. The summed E-state index contributed by atoms with van der Waals surface area (Å²) in [5.74, 6) is -6.15. The smallest absolute Gasteiger partial charge is 0.255 e. The van der Waals surface area contributed by atoms with Crippen molar-refractivity contribution in [3.8, 4) is 0 Å². The van der Waals surface area contributed by atoms with E-state index in [0.717, 1.165) is 6.07 Å². The Morgan fingerprint density at radius 1 is 1.12 bits per heavy atom. The van der Waals surface area contributed by atoms with Crippen LogP contribution in [0.5, 0.6) is 0 Å². The van der Waals surface area contributed by atoms with E-state index >= 15 is 0 Å². The molecule has 12 heteroatoms. The largest absolute Gasteiger partial charge is 0.390 e. The second kappa shape index (κ2) is 11.6. The molecule has 2 aromatic rings. The standard InChI is InChI=1S/C28H34ClF3N2O5S/c1-15(14-39-34(3)4)16(2)28(36)12-18-5-6-19(13-28)26(18)40(37,38)24-9-17(7-8-21(24)29)27(35)33-20-10-22(30)25(32)23(31)11-20/h7-11,15-16,18-19,26,36H,5-6,12-14H2,1-4H3,(H,33,35)/t15?,16?,18-,19?,26?,28+/m0/s1. The third-order valence-corrected chi connectivity index (χ3v) is 11.3. The fourth-order valence-electron chi connectivity index (χ4n) is 6.23. The quantitative estimate of drug-likeness (QED) is 0.292. The number of hydroxylamine groups is 2. The van der Waals surface area contributed by atoms with E-state index in [2.05, 4.69) is 5.32 Å². The highest BCUT2D eigenvalue weighted by molar-refractivity contribution is 7.92. The van der Waals surface area contributed by atoms with Crippen molar-refractivity contribution in [1.29, 1.82) is 0 Å². The third kappa shape index (κ3) is 6.04. The molecular weight excluding hydrogens is 569 g/mol. The number of aliphatic hydroxyl groups is 1. The summed E-state index contributed by atoms with van der Waals surface area (Å²) in [6, 6.07) is 4.97. The maximum Gasteiger partial charge on any atom is 0.255 e. The fraction of sp³-hybridized carbons (Fsp3) is 0.536. The van der Waals surface area contributed by atoms with Crippen LogP contribution in [0.1, 0.15) is 49.9 Å². The number of amides is 1. The topological polar surface area (TPSA) is 95.9 Å². The van der Waals surface area contributed by atoms with E-state index in [-0.39, 0.29) is 44.8 Å². The molecule has 4 unspecified atom stereocenters. The highest BCUT2D eigenvalue weighted by Crippen LogP contribution is 2.54. The Morgan fingerprint density at radius 2 is 1.70 bits per heavy atom. The number of benzene rings is 2. The highest BCUT2D eigenvalue weighted by Gasteiger charge is 2.56. The molecule has 0 aromatic heterocycles. The van der Waals surface area contributed by atoms with E-state index in [4.69, 9.17) is 16.4 Å². The third-order valence-electron chi connectivity index (χ3n) is 8.47. The molecule has 1 amide bonds. The van der Waals surface area contributed by atoms with Gasteiger partial charge in [-0.1, -0.05) is 25.4 Å². The van der Waals surface area contributed by atoms with Gasteiger partial charge < -0.3 is 10.4 Å². The van der Waals surface area contributed by atoms with Crippen LogP contribution in [0.15, 0.2) is 35.2 Å². The van der Waals surface area contributed by atoms with Gasteiger partial charge in [-0.15, -0.1) is 0 Å². The summed E-state index contributed by atoms with van der Waals surface area (Å²) >= 11 is 6.33. The van der Waals surface area contributed by atoms with Crippen molar-refractivity contribution in [2.75, 3.05) is 26.0 Å². The fourth-order valence-corrected chi connectivity index (χ4v) is 9.07. The number of nitrogens with one attached hydrogen (secondary N) is 1. The van der Waals surface area contributed by atoms with Crippen molar-refractivity contribution >= 4 is 33.0 Å². The first-order valence-corrected chi connectivity index (χ1v) is 15.1. The first-order valence-electron chi connectivity index (χ1n) is 13.2. The molecule has 0 heterocycles. The number of hydrogen-bond donors (Lipinski definition) is 2. The molecule has 2 aliphatic rings. The van der Waals surface area contributed by atoms with Crippen LogP contribution in [0.2, 0.25) is 5.02 Å². The maximum absolute atomic E-state index is 14.0. The Balaban J connectivity index is 1.56. The number of hydrogen-bond acceptors (Lipinski definition) is 6. The van der Waals surface area contributed by atoms with Gasteiger partial charge in [0.1, 0.15) is 0 Å². The molecular formula is C28H34ClF3N2O5S. The van der Waals surface area contributed by atoms with Crippen LogP contribution in [-0.4, -0.2) is 56.0 Å². The van der Waals surface area contributed by atoms with Gasteiger partial charge in [-0.25, -0.2) is 21.6 Å². The molecule has 0 spiro atoms. The van der Waals surface area contributed by atoms with Gasteiger partial charge in [-0.3, -0.25) is 9.63 Å². The molecule has 40 heavy (non-hydrogen) atoms. The summed E-state index contributed by atoms with van der Waals surface area (Å²) in [6.45, 7) is 4.40. The summed E-state index contributed by atoms with van der Waals surface area (Å²) in [7, 11) is -0.446. The zero-order valence-corrected chi connectivity index (χ0v) is 24.3. The second-order valence-corrected chi connectivity index (χ2v) is 13.8. The molecule has 2 N–H and O–H groups in total. The summed E-state index contributed by atoms with van der Waals surface area (Å²) in [6.07, 6.45) is 1.93. The summed E-state index contributed by atoms with van der Waals surface area (Å²) in [4.78, 5) is 18.2. The number of carbonyl (C=O) groups is 1. The van der Waals surface area contributed by atoms with Gasteiger partial charge in [0.25, 0.3) is 5.91 Å². The van der Waals surface area contributed by atoms with E-state index in [9.17, 15) is 31.5 Å². The molecule has 2 aliphatic carbocycles. The van der Waals surface area contributed by atoms with Gasteiger partial charge in [0.15, 0.2) is 27.3 Å². The molecule has 6 atom stereocenters. The van der Waals surface area contributed by atoms with E-state index in [1.54, 1.807) is 19.2 Å². The van der Waals surface area contributed by atoms with Crippen molar-refractivity contribution in [2.45, 2.75) is 55.3 Å². The van der Waals surface area contributed by atoms with Gasteiger partial charge in [0, 0.05) is 37.5 Å². The zero-order valence-electron chi connectivity index (χ0n) is 22.8. The Morgan fingerprint density at radius 3 is 2.25 bits per heavy atom. The minimum absolute atomic E-state index is 0.0349. The lowest BCUT2D eigenvalue weighted by atomic mass is 9.68. The summed E-state index contributed by atoms with van der Waals surface area (Å²) < 4.78 is 68.3. The number of fused-ring (bicyclic) bond motifs is 2. The lowest BCUT2D eigenvalue weighted by Gasteiger charge is -2.46. The SMILES string of the molecule is CC(CON(C)C)C(C)[C@]1(O)CC2CC[C@@H](C1)C2S(=O)(=O)c1cc(C(=O)Nc2cc(F)c(F)c(F)c2)ccc1Cl. The minimum atomic E-state index is -4.02. The Hall–Kier alpha value is -2.18. The summed E-state index contributed by atoms with van der Waals surface area (Å²) in [5, 5.41) is 14.7. The average molecular weight is 603 g/mol. The van der Waals surface area contributed by atoms with Crippen LogP contribution >= 0.6 is 11.6 Å². The van der Waals surface area contributed by atoms with Gasteiger partial charge in [0.2, 0.25) is 0 Å². The van der Waals surface area contributed by atoms with Gasteiger partial charge in [-0.2, -0.15) is 5.06 Å². The van der Waals surface area contributed by atoms with Crippen LogP contribution in [0.25, 0.3) is 0 Å². The van der Waals surface area contributed by atoms with Gasteiger partial charge in [-0.05, 0) is 67.6 Å². The number of sulfone groups is 1. The average Bonchev–Trinajstić information content (AvgIpc) is 3.18. The Labute approximate surface area is 237 Å². The zero-order chi connectivity index (χ0) is 29.6. The lowest BCUT2D eigenvalue weighted by Crippen LogP contribution is -2.51. The number of anilines is 1. The predicted octanol–water partition coefficient (Wildman–Crippen LogP) is 5.47. The van der Waals surface area contributed by atoms with E-state index in [1.807, 2.05) is 13.8 Å². The maximum atomic E-state index is 14.0. The molecule has 2 saturated carbocycles. The van der Waals surface area contributed by atoms with Crippen molar-refractivity contribution in [1.82, 2.24) is 5.06 Å². The highest BCUT2D eigenvalue weighted by atomic mass is 35.5. The Bertz CT molecular complexity index is 1350. The van der Waals surface area contributed by atoms with Crippen LogP contribution in [0.4, 0.5) is 18.9 Å². The van der Waals surface area contributed by atoms with E-state index in [1.165, 1.54) is 12.1 Å². The molecule has 0 saturated heterocycles. The first-order chi connectivity index (χ1) is 18.6. The normalized spacial score (nSPS) is 26.1. The molecule has 2 aromatic carbocycles. The van der Waals surface area contributed by atoms with Crippen LogP contribution < -0.4 is 5.32 Å². The van der Waals surface area contributed by atoms with Crippen molar-refractivity contribution in [2.24, 2.45) is 23.7 Å². The number of carbonyl (C=O) groups excluding carboxylic acids is 1. The number of rotatable bonds is 9. The van der Waals surface area contributed by atoms with Crippen LogP contribution in [0.3, 0.4) is 0 Å². The van der Waals surface area contributed by atoms with E-state index < -0.39 is 44.0 Å². The molecule has 4 rings (SSSR count). The molecule has 220 valence electrons. The molecule has 7 nitrogen and oxygen atoms in total. The van der Waals surface area contributed by atoms with Crippen molar-refractivity contribution in [3.05, 3.63) is 58.4 Å². The van der Waals surface area contributed by atoms with Gasteiger partial charge >= 0.3 is 0 Å². The minimum Gasteiger partial charge on any atom is -0.390 e. The monoisotopic (exact) mass is 602 g/mol. The van der Waals surface area contributed by atoms with E-state index in [0.29, 0.717) is 44.4 Å². The molecule has 2 fully saturated rings. The van der Waals surface area contributed by atoms with Crippen molar-refractivity contribution < 1.29 is 36.3 Å². The van der Waals surface area contributed by atoms with Crippen molar-refractivity contribution in [3.63, 3.8) is 0 Å². The molecule has 0 radical (unpaired) electrons. The number of halogens is 4. The molecule has 0 aliphatic heterocycles. The van der Waals surface area contributed by atoms with Crippen LogP contribution in [-0.2, 0) is 14.7 Å². The lowest BCUT2D eigenvalue weighted by molar-refractivity contribution is -0.153. The second-order valence-electron chi connectivity index (χ2n) is 11.3. The first kappa shape index (κ1) is 30.8. The molecule has 2 bridgehead atoms. The van der Waals surface area contributed by atoms with Gasteiger partial charge in [0.05, 0.1) is 27.4 Å².